The molecule has 0 aliphatic heterocycles. The zero-order valence-electron chi connectivity index (χ0n) is 18.6. The zero-order valence-corrected chi connectivity index (χ0v) is 19.4. The van der Waals surface area contributed by atoms with Gasteiger partial charge in [-0.3, -0.25) is 9.59 Å². The highest BCUT2D eigenvalue weighted by Crippen LogP contribution is 2.21. The van der Waals surface area contributed by atoms with Gasteiger partial charge >= 0.3 is 5.97 Å². The van der Waals surface area contributed by atoms with E-state index >= 15 is 0 Å². The summed E-state index contributed by atoms with van der Waals surface area (Å²) in [5.41, 5.74) is 1.90. The summed E-state index contributed by atoms with van der Waals surface area (Å²) in [5.74, 6) is -1.36. The van der Waals surface area contributed by atoms with Crippen molar-refractivity contribution in [3.63, 3.8) is 0 Å². The van der Waals surface area contributed by atoms with Crippen LogP contribution in [-0.4, -0.2) is 54.4 Å². The second kappa shape index (κ2) is 9.57. The zero-order chi connectivity index (χ0) is 23.5. The molecule has 1 aromatic carbocycles. The minimum Gasteiger partial charge on any atom is -0.451 e. The number of sulfonamides is 1. The van der Waals surface area contributed by atoms with Crippen molar-refractivity contribution in [2.24, 2.45) is 0 Å². The van der Waals surface area contributed by atoms with Crippen molar-refractivity contribution < 1.29 is 27.5 Å². The quantitative estimate of drug-likeness (QED) is 0.465. The molecule has 1 N–H and O–H groups in total. The van der Waals surface area contributed by atoms with E-state index in [0.29, 0.717) is 29.9 Å². The Morgan fingerprint density at radius 3 is 2.06 bits per heavy atom. The lowest BCUT2D eigenvalue weighted by Gasteiger charge is -2.18. The Morgan fingerprint density at radius 1 is 1.06 bits per heavy atom. The Balaban J connectivity index is 2.18. The lowest BCUT2D eigenvalue weighted by Crippen LogP contribution is -2.30. The molecule has 1 heterocycles. The molecule has 0 fully saturated rings. The Labute approximate surface area is 182 Å². The third kappa shape index (κ3) is 4.94. The summed E-state index contributed by atoms with van der Waals surface area (Å²) < 4.78 is 31.7. The Kier molecular flexibility index (Phi) is 7.56. The molecule has 0 bridgehead atoms. The summed E-state index contributed by atoms with van der Waals surface area (Å²) in [4.78, 5) is 40.0. The third-order valence-electron chi connectivity index (χ3n) is 5.12. The van der Waals surface area contributed by atoms with Crippen LogP contribution in [0, 0.1) is 13.8 Å². The predicted octanol–water partition coefficient (Wildman–Crippen LogP) is 3.29. The van der Waals surface area contributed by atoms with Crippen LogP contribution in [0.15, 0.2) is 29.2 Å². The van der Waals surface area contributed by atoms with Crippen LogP contribution in [-0.2, 0) is 14.8 Å². The van der Waals surface area contributed by atoms with Gasteiger partial charge in [-0.1, -0.05) is 13.8 Å². The fraction of sp³-hybridized carbons (Fsp3) is 0.409. The van der Waals surface area contributed by atoms with E-state index in [0.717, 1.165) is 0 Å². The van der Waals surface area contributed by atoms with Gasteiger partial charge in [-0.25, -0.2) is 13.2 Å². The largest absolute Gasteiger partial charge is 0.451 e. The fourth-order valence-corrected chi connectivity index (χ4v) is 4.94. The number of aryl methyl sites for hydroxylation is 1. The molecule has 1 aromatic heterocycles. The molecule has 1 atom stereocenters. The van der Waals surface area contributed by atoms with Crippen molar-refractivity contribution in [2.45, 2.75) is 52.5 Å². The standard InChI is InChI=1S/C22H28N2O6S/c1-7-24(8-2)31(28,29)18-11-9-17(10-12-18)22(27)30-16(6)21(26)20-13(3)19(15(5)25)14(4)23-20/h9-12,16,23H,7-8H2,1-6H3. The van der Waals surface area contributed by atoms with Gasteiger partial charge in [-0.2, -0.15) is 4.31 Å². The van der Waals surface area contributed by atoms with Gasteiger partial charge in [0.2, 0.25) is 15.8 Å². The van der Waals surface area contributed by atoms with Crippen molar-refractivity contribution in [1.82, 2.24) is 9.29 Å². The maximum Gasteiger partial charge on any atom is 0.338 e. The average molecular weight is 449 g/mol. The molecule has 31 heavy (non-hydrogen) atoms. The lowest BCUT2D eigenvalue weighted by molar-refractivity contribution is 0.0317. The number of H-pyrrole nitrogens is 1. The lowest BCUT2D eigenvalue weighted by atomic mass is 10.0. The van der Waals surface area contributed by atoms with Gasteiger partial charge < -0.3 is 9.72 Å². The number of benzene rings is 1. The van der Waals surface area contributed by atoms with Gasteiger partial charge in [0.25, 0.3) is 0 Å². The first kappa shape index (κ1) is 24.5. The summed E-state index contributed by atoms with van der Waals surface area (Å²) >= 11 is 0. The highest BCUT2D eigenvalue weighted by Gasteiger charge is 2.27. The molecule has 0 aliphatic carbocycles. The molecule has 8 nitrogen and oxygen atoms in total. The molecule has 0 saturated carbocycles. The van der Waals surface area contributed by atoms with Crippen molar-refractivity contribution >= 4 is 27.6 Å². The van der Waals surface area contributed by atoms with Crippen LogP contribution in [0.25, 0.3) is 0 Å². The van der Waals surface area contributed by atoms with Crippen LogP contribution in [0.5, 0.6) is 0 Å². The number of aromatic nitrogens is 1. The predicted molar refractivity (Wildman–Crippen MR) is 116 cm³/mol. The van der Waals surface area contributed by atoms with Crippen LogP contribution in [0.4, 0.5) is 0 Å². The molecule has 2 aromatic rings. The minimum atomic E-state index is -3.63. The number of esters is 1. The highest BCUT2D eigenvalue weighted by atomic mass is 32.2. The number of hydrogen-bond acceptors (Lipinski definition) is 6. The molecular formula is C22H28N2O6S. The topological polar surface area (TPSA) is 114 Å². The third-order valence-corrected chi connectivity index (χ3v) is 7.19. The van der Waals surface area contributed by atoms with Crippen LogP contribution in [0.3, 0.4) is 0 Å². The van der Waals surface area contributed by atoms with Crippen LogP contribution < -0.4 is 0 Å². The van der Waals surface area contributed by atoms with E-state index in [1.54, 1.807) is 27.7 Å². The van der Waals surface area contributed by atoms with Crippen molar-refractivity contribution in [2.75, 3.05) is 13.1 Å². The number of ether oxygens (including phenoxy) is 1. The molecule has 0 radical (unpaired) electrons. The molecule has 168 valence electrons. The van der Waals surface area contributed by atoms with E-state index in [2.05, 4.69) is 4.98 Å². The maximum absolute atomic E-state index is 12.7. The number of Topliss-reactive ketones (excluding diaryl/α,β-unsaturated/α-hetero) is 2. The van der Waals surface area contributed by atoms with E-state index < -0.39 is 27.9 Å². The number of aromatic amines is 1. The van der Waals surface area contributed by atoms with Gasteiger partial charge in [0.05, 0.1) is 16.2 Å². The SMILES string of the molecule is CCN(CC)S(=O)(=O)c1ccc(C(=O)OC(C)C(=O)c2[nH]c(C)c(C(C)=O)c2C)cc1. The summed E-state index contributed by atoms with van der Waals surface area (Å²) in [6, 6.07) is 5.39. The van der Waals surface area contributed by atoms with E-state index in [9.17, 15) is 22.8 Å². The first-order valence-corrected chi connectivity index (χ1v) is 11.4. The number of nitrogens with zero attached hydrogens (tertiary/aromatic N) is 1. The number of nitrogens with one attached hydrogen (secondary N) is 1. The van der Waals surface area contributed by atoms with Gasteiger partial charge in [-0.15, -0.1) is 0 Å². The molecule has 0 spiro atoms. The number of carbonyl (C=O) groups excluding carboxylic acids is 3. The number of hydrogen-bond donors (Lipinski definition) is 1. The molecule has 0 aliphatic rings. The number of rotatable bonds is 9. The van der Waals surface area contributed by atoms with Gasteiger partial charge in [0, 0.05) is 24.3 Å². The summed E-state index contributed by atoms with van der Waals surface area (Å²) in [7, 11) is -3.63. The van der Waals surface area contributed by atoms with E-state index in [4.69, 9.17) is 4.74 Å². The molecule has 2 rings (SSSR count). The normalized spacial score (nSPS) is 12.6. The second-order valence-electron chi connectivity index (χ2n) is 7.21. The molecular weight excluding hydrogens is 420 g/mol. The van der Waals surface area contributed by atoms with E-state index in [1.807, 2.05) is 0 Å². The Hall–Kier alpha value is -2.78. The number of carbonyl (C=O) groups is 3. The molecule has 1 unspecified atom stereocenters. The molecule has 0 saturated heterocycles. The first-order chi connectivity index (χ1) is 14.4. The summed E-state index contributed by atoms with van der Waals surface area (Å²) in [5, 5.41) is 0. The Bertz CT molecular complexity index is 1100. The number of ketones is 2. The first-order valence-electron chi connectivity index (χ1n) is 10.0. The molecule has 0 amide bonds. The summed E-state index contributed by atoms with van der Waals surface area (Å²) in [6.45, 7) is 10.4. The second-order valence-corrected chi connectivity index (χ2v) is 9.14. The van der Waals surface area contributed by atoms with Crippen molar-refractivity contribution in [3.8, 4) is 0 Å². The minimum absolute atomic E-state index is 0.0751. The van der Waals surface area contributed by atoms with Gasteiger partial charge in [-0.05, 0) is 57.5 Å². The van der Waals surface area contributed by atoms with E-state index in [-0.39, 0.29) is 21.9 Å². The van der Waals surface area contributed by atoms with Crippen molar-refractivity contribution in [1.29, 1.82) is 0 Å². The average Bonchev–Trinajstić information content (AvgIpc) is 3.02. The smallest absolute Gasteiger partial charge is 0.338 e. The highest BCUT2D eigenvalue weighted by molar-refractivity contribution is 7.89. The van der Waals surface area contributed by atoms with Crippen LogP contribution in [0.1, 0.15) is 70.2 Å². The monoisotopic (exact) mass is 448 g/mol. The van der Waals surface area contributed by atoms with Crippen LogP contribution >= 0.6 is 0 Å². The molecule has 9 heteroatoms. The summed E-state index contributed by atoms with van der Waals surface area (Å²) in [6.07, 6.45) is -1.09. The van der Waals surface area contributed by atoms with Gasteiger partial charge in [0.1, 0.15) is 0 Å². The Morgan fingerprint density at radius 2 is 1.61 bits per heavy atom. The van der Waals surface area contributed by atoms with Crippen molar-refractivity contribution in [3.05, 3.63) is 52.3 Å². The fourth-order valence-electron chi connectivity index (χ4n) is 3.49. The van der Waals surface area contributed by atoms with E-state index in [1.165, 1.54) is 42.4 Å². The van der Waals surface area contributed by atoms with Gasteiger partial charge in [0.15, 0.2) is 11.9 Å². The maximum atomic E-state index is 12.7. The van der Waals surface area contributed by atoms with Crippen LogP contribution in [0.2, 0.25) is 0 Å².